The highest BCUT2D eigenvalue weighted by Crippen LogP contribution is 2.32. The second kappa shape index (κ2) is 12.4. The summed E-state index contributed by atoms with van der Waals surface area (Å²) in [6.45, 7) is 3.84. The van der Waals surface area contributed by atoms with E-state index in [0.717, 1.165) is 43.4 Å². The molecular formula is C21H35IN4O3. The van der Waals surface area contributed by atoms with E-state index >= 15 is 0 Å². The fourth-order valence-corrected chi connectivity index (χ4v) is 4.07. The van der Waals surface area contributed by atoms with Crippen molar-refractivity contribution in [3.63, 3.8) is 0 Å². The van der Waals surface area contributed by atoms with Gasteiger partial charge in [0.05, 0.1) is 40.0 Å². The Kier molecular flexibility index (Phi) is 10.3. The van der Waals surface area contributed by atoms with E-state index in [-0.39, 0.29) is 30.0 Å². The van der Waals surface area contributed by atoms with Crippen LogP contribution in [0.15, 0.2) is 23.2 Å². The zero-order valence-electron chi connectivity index (χ0n) is 17.6. The summed E-state index contributed by atoms with van der Waals surface area (Å²) in [5.41, 5.74) is 7.36. The summed E-state index contributed by atoms with van der Waals surface area (Å²) in [6, 6.07) is 6.66. The SMILES string of the molecule is COc1ccc(C(CN=C(N)NC2CCCCC2)N2CCOCC2)cc1OC.I. The number of morpholine rings is 1. The molecule has 0 aromatic heterocycles. The zero-order chi connectivity index (χ0) is 19.8. The zero-order valence-corrected chi connectivity index (χ0v) is 19.9. The van der Waals surface area contributed by atoms with Crippen molar-refractivity contribution in [3.05, 3.63) is 23.8 Å². The van der Waals surface area contributed by atoms with Crippen LogP contribution in [0.5, 0.6) is 11.5 Å². The number of benzene rings is 1. The lowest BCUT2D eigenvalue weighted by Gasteiger charge is -2.34. The molecule has 1 aliphatic heterocycles. The molecule has 1 aromatic carbocycles. The third-order valence-corrected chi connectivity index (χ3v) is 5.67. The quantitative estimate of drug-likeness (QED) is 0.328. The minimum absolute atomic E-state index is 0. The number of methoxy groups -OCH3 is 2. The number of guanidine groups is 1. The highest BCUT2D eigenvalue weighted by atomic mass is 127. The van der Waals surface area contributed by atoms with Crippen LogP contribution in [-0.4, -0.2) is 64.0 Å². The molecule has 1 aromatic rings. The normalized spacial score (nSPS) is 19.9. The minimum atomic E-state index is 0. The molecule has 2 aliphatic rings. The van der Waals surface area contributed by atoms with Gasteiger partial charge in [0, 0.05) is 19.1 Å². The number of nitrogens with one attached hydrogen (secondary N) is 1. The van der Waals surface area contributed by atoms with E-state index in [1.165, 1.54) is 32.1 Å². The van der Waals surface area contributed by atoms with Gasteiger partial charge in [-0.15, -0.1) is 24.0 Å². The van der Waals surface area contributed by atoms with Crippen LogP contribution >= 0.6 is 24.0 Å². The molecule has 1 heterocycles. The topological polar surface area (TPSA) is 81.3 Å². The number of rotatable bonds is 7. The molecule has 3 N–H and O–H groups in total. The maximum atomic E-state index is 6.21. The maximum absolute atomic E-state index is 6.21. The lowest BCUT2D eigenvalue weighted by Crippen LogP contribution is -2.43. The van der Waals surface area contributed by atoms with Crippen molar-refractivity contribution in [1.29, 1.82) is 0 Å². The van der Waals surface area contributed by atoms with Gasteiger partial charge in [0.2, 0.25) is 0 Å². The first kappa shape index (κ1) is 24.0. The summed E-state index contributed by atoms with van der Waals surface area (Å²) in [7, 11) is 3.31. The van der Waals surface area contributed by atoms with Gasteiger partial charge in [0.1, 0.15) is 0 Å². The summed E-state index contributed by atoms with van der Waals surface area (Å²) in [5.74, 6) is 2.01. The van der Waals surface area contributed by atoms with Crippen LogP contribution in [0.3, 0.4) is 0 Å². The average Bonchev–Trinajstić information content (AvgIpc) is 2.75. The van der Waals surface area contributed by atoms with E-state index in [2.05, 4.69) is 16.3 Å². The van der Waals surface area contributed by atoms with Crippen molar-refractivity contribution in [2.24, 2.45) is 10.7 Å². The Morgan fingerprint density at radius 1 is 1.17 bits per heavy atom. The Morgan fingerprint density at radius 2 is 1.86 bits per heavy atom. The third-order valence-electron chi connectivity index (χ3n) is 5.67. The summed E-state index contributed by atoms with van der Waals surface area (Å²) in [5, 5.41) is 3.41. The average molecular weight is 518 g/mol. The van der Waals surface area contributed by atoms with Gasteiger partial charge in [0.25, 0.3) is 0 Å². The molecular weight excluding hydrogens is 483 g/mol. The van der Waals surface area contributed by atoms with Crippen molar-refractivity contribution in [3.8, 4) is 11.5 Å². The standard InChI is InChI=1S/C21H34N4O3.HI/c1-26-19-9-8-16(14-20(19)27-2)18(25-10-12-28-13-11-25)15-23-21(22)24-17-6-4-3-5-7-17;/h8-9,14,17-18H,3-7,10-13,15H2,1-2H3,(H3,22,23,24);1H. The first-order valence-corrected chi connectivity index (χ1v) is 10.3. The van der Waals surface area contributed by atoms with Crippen LogP contribution in [-0.2, 0) is 4.74 Å². The molecule has 1 atom stereocenters. The molecule has 3 rings (SSSR count). The van der Waals surface area contributed by atoms with Gasteiger partial charge in [-0.2, -0.15) is 0 Å². The van der Waals surface area contributed by atoms with Crippen LogP contribution in [0, 0.1) is 0 Å². The molecule has 8 heteroatoms. The van der Waals surface area contributed by atoms with Gasteiger partial charge in [-0.3, -0.25) is 9.89 Å². The van der Waals surface area contributed by atoms with Gasteiger partial charge in [-0.25, -0.2) is 0 Å². The summed E-state index contributed by atoms with van der Waals surface area (Å²) < 4.78 is 16.4. The summed E-state index contributed by atoms with van der Waals surface area (Å²) in [4.78, 5) is 7.10. The fraction of sp³-hybridized carbons (Fsp3) is 0.667. The van der Waals surface area contributed by atoms with Crippen LogP contribution < -0.4 is 20.5 Å². The Morgan fingerprint density at radius 3 is 2.52 bits per heavy atom. The number of nitrogens with two attached hydrogens (primary N) is 1. The predicted octanol–water partition coefficient (Wildman–Crippen LogP) is 2.93. The number of hydrogen-bond donors (Lipinski definition) is 2. The van der Waals surface area contributed by atoms with Crippen LogP contribution in [0.2, 0.25) is 0 Å². The van der Waals surface area contributed by atoms with E-state index in [0.29, 0.717) is 18.5 Å². The molecule has 7 nitrogen and oxygen atoms in total. The molecule has 1 saturated heterocycles. The highest BCUT2D eigenvalue weighted by molar-refractivity contribution is 14.0. The Balaban J connectivity index is 0.00000300. The van der Waals surface area contributed by atoms with Crippen molar-refractivity contribution < 1.29 is 14.2 Å². The molecule has 1 saturated carbocycles. The van der Waals surface area contributed by atoms with E-state index in [4.69, 9.17) is 24.9 Å². The molecule has 2 fully saturated rings. The monoisotopic (exact) mass is 518 g/mol. The number of nitrogens with zero attached hydrogens (tertiary/aromatic N) is 2. The molecule has 164 valence electrons. The number of hydrogen-bond acceptors (Lipinski definition) is 5. The maximum Gasteiger partial charge on any atom is 0.188 e. The number of ether oxygens (including phenoxy) is 3. The molecule has 0 amide bonds. The molecule has 1 unspecified atom stereocenters. The van der Waals surface area contributed by atoms with Crippen molar-refractivity contribution in [1.82, 2.24) is 10.2 Å². The molecule has 29 heavy (non-hydrogen) atoms. The lowest BCUT2D eigenvalue weighted by molar-refractivity contribution is 0.0179. The Labute approximate surface area is 191 Å². The van der Waals surface area contributed by atoms with Crippen molar-refractivity contribution in [2.45, 2.75) is 44.2 Å². The highest BCUT2D eigenvalue weighted by Gasteiger charge is 2.24. The van der Waals surface area contributed by atoms with E-state index in [1.807, 2.05) is 12.1 Å². The van der Waals surface area contributed by atoms with Gasteiger partial charge in [-0.1, -0.05) is 25.3 Å². The second-order valence-electron chi connectivity index (χ2n) is 7.48. The Bertz CT molecular complexity index is 647. The second-order valence-corrected chi connectivity index (χ2v) is 7.48. The molecule has 1 aliphatic carbocycles. The van der Waals surface area contributed by atoms with Crippen molar-refractivity contribution >= 4 is 29.9 Å². The first-order chi connectivity index (χ1) is 13.7. The van der Waals surface area contributed by atoms with Gasteiger partial charge < -0.3 is 25.3 Å². The van der Waals surface area contributed by atoms with E-state index in [9.17, 15) is 0 Å². The Hall–Kier alpha value is -1.26. The largest absolute Gasteiger partial charge is 0.493 e. The first-order valence-electron chi connectivity index (χ1n) is 10.3. The van der Waals surface area contributed by atoms with E-state index < -0.39 is 0 Å². The predicted molar refractivity (Wildman–Crippen MR) is 127 cm³/mol. The van der Waals surface area contributed by atoms with Gasteiger partial charge in [-0.05, 0) is 30.5 Å². The van der Waals surface area contributed by atoms with Crippen LogP contribution in [0.1, 0.15) is 43.7 Å². The lowest BCUT2D eigenvalue weighted by atomic mass is 9.96. The van der Waals surface area contributed by atoms with Gasteiger partial charge in [0.15, 0.2) is 17.5 Å². The fourth-order valence-electron chi connectivity index (χ4n) is 4.07. The number of aliphatic imine (C=N–C) groups is 1. The van der Waals surface area contributed by atoms with Gasteiger partial charge >= 0.3 is 0 Å². The minimum Gasteiger partial charge on any atom is -0.493 e. The summed E-state index contributed by atoms with van der Waals surface area (Å²) in [6.07, 6.45) is 6.23. The third kappa shape index (κ3) is 6.89. The molecule has 0 spiro atoms. The number of halogens is 1. The van der Waals surface area contributed by atoms with Crippen molar-refractivity contribution in [2.75, 3.05) is 47.1 Å². The van der Waals surface area contributed by atoms with Crippen LogP contribution in [0.4, 0.5) is 0 Å². The summed E-state index contributed by atoms with van der Waals surface area (Å²) >= 11 is 0. The molecule has 0 bridgehead atoms. The molecule has 0 radical (unpaired) electrons. The van der Waals surface area contributed by atoms with E-state index in [1.54, 1.807) is 14.2 Å². The smallest absolute Gasteiger partial charge is 0.188 e. The van der Waals surface area contributed by atoms with Crippen LogP contribution in [0.25, 0.3) is 0 Å².